The summed E-state index contributed by atoms with van der Waals surface area (Å²) in [4.78, 5) is 27.6. The highest BCUT2D eigenvalue weighted by Gasteiger charge is 2.49. The molecule has 152 valence electrons. The van der Waals surface area contributed by atoms with E-state index in [0.717, 1.165) is 12.8 Å². The Morgan fingerprint density at radius 3 is 2.70 bits per heavy atom. The van der Waals surface area contributed by atoms with Gasteiger partial charge in [-0.1, -0.05) is 11.2 Å². The number of amides is 1. The van der Waals surface area contributed by atoms with E-state index in [-0.39, 0.29) is 41.0 Å². The second-order valence-corrected chi connectivity index (χ2v) is 7.64. The third-order valence-electron chi connectivity index (χ3n) is 5.63. The molecule has 1 saturated carbocycles. The molecular formula is C21H19FN6O2. The third kappa shape index (κ3) is 3.26. The van der Waals surface area contributed by atoms with Gasteiger partial charge in [0.05, 0.1) is 29.1 Å². The van der Waals surface area contributed by atoms with Gasteiger partial charge >= 0.3 is 6.01 Å². The summed E-state index contributed by atoms with van der Waals surface area (Å²) in [5.41, 5.74) is 1.07. The Morgan fingerprint density at radius 1 is 1.13 bits per heavy atom. The van der Waals surface area contributed by atoms with Gasteiger partial charge in [0.1, 0.15) is 11.9 Å². The van der Waals surface area contributed by atoms with Crippen molar-refractivity contribution in [3.05, 3.63) is 59.9 Å². The predicted molar refractivity (Wildman–Crippen MR) is 104 cm³/mol. The Labute approximate surface area is 172 Å². The first-order valence-electron chi connectivity index (χ1n) is 9.80. The number of aromatic nitrogens is 5. The number of nitrogens with zero attached hydrogens (tertiary/aromatic N) is 6. The molecule has 5 rings (SSSR count). The van der Waals surface area contributed by atoms with Crippen molar-refractivity contribution in [3.8, 4) is 17.4 Å². The van der Waals surface area contributed by atoms with E-state index in [2.05, 4.69) is 25.1 Å². The molecule has 3 unspecified atom stereocenters. The maximum Gasteiger partial charge on any atom is 0.335 e. The zero-order chi connectivity index (χ0) is 20.7. The lowest BCUT2D eigenvalue weighted by Crippen LogP contribution is -2.47. The zero-order valence-electron chi connectivity index (χ0n) is 16.3. The van der Waals surface area contributed by atoms with E-state index in [1.165, 1.54) is 24.5 Å². The van der Waals surface area contributed by atoms with Crippen molar-refractivity contribution in [2.24, 2.45) is 5.92 Å². The molecule has 1 aliphatic heterocycles. The fraction of sp³-hybridized carbons (Fsp3) is 0.333. The van der Waals surface area contributed by atoms with E-state index in [9.17, 15) is 9.18 Å². The number of halogens is 1. The molecule has 1 aliphatic carbocycles. The molecule has 9 heteroatoms. The fourth-order valence-corrected chi connectivity index (χ4v) is 4.35. The van der Waals surface area contributed by atoms with E-state index in [0.29, 0.717) is 18.2 Å². The number of carbonyl (C=O) groups is 1. The Balaban J connectivity index is 1.42. The van der Waals surface area contributed by atoms with Gasteiger partial charge in [0.25, 0.3) is 5.91 Å². The molecule has 1 amide bonds. The second kappa shape index (κ2) is 7.40. The van der Waals surface area contributed by atoms with Gasteiger partial charge in [0, 0.05) is 18.9 Å². The first-order valence-corrected chi connectivity index (χ1v) is 9.80. The summed E-state index contributed by atoms with van der Waals surface area (Å²) in [5.74, 6) is -0.258. The molecule has 30 heavy (non-hydrogen) atoms. The van der Waals surface area contributed by atoms with Crippen LogP contribution in [0, 0.1) is 18.7 Å². The van der Waals surface area contributed by atoms with Crippen molar-refractivity contribution < 1.29 is 13.9 Å². The Kier molecular flexibility index (Phi) is 4.57. The molecule has 0 radical (unpaired) electrons. The quantitative estimate of drug-likeness (QED) is 0.657. The molecule has 3 heterocycles. The minimum Gasteiger partial charge on any atom is -0.457 e. The van der Waals surface area contributed by atoms with Gasteiger partial charge in [-0.2, -0.15) is 0 Å². The summed E-state index contributed by atoms with van der Waals surface area (Å²) < 4.78 is 20.6. The largest absolute Gasteiger partial charge is 0.457 e. The Bertz CT molecular complexity index is 1080. The van der Waals surface area contributed by atoms with Gasteiger partial charge in [-0.3, -0.25) is 4.79 Å². The monoisotopic (exact) mass is 406 g/mol. The van der Waals surface area contributed by atoms with Crippen LogP contribution in [0.25, 0.3) is 11.4 Å². The van der Waals surface area contributed by atoms with Crippen molar-refractivity contribution in [2.45, 2.75) is 31.9 Å². The predicted octanol–water partition coefficient (Wildman–Crippen LogP) is 2.46. The van der Waals surface area contributed by atoms with Crippen molar-refractivity contribution >= 4 is 5.91 Å². The van der Waals surface area contributed by atoms with E-state index >= 15 is 0 Å². The van der Waals surface area contributed by atoms with Gasteiger partial charge < -0.3 is 9.64 Å². The highest BCUT2D eigenvalue weighted by Crippen LogP contribution is 2.40. The number of likely N-dealkylation sites (tertiary alicyclic amines) is 1. The molecule has 1 aromatic carbocycles. The van der Waals surface area contributed by atoms with Crippen molar-refractivity contribution in [1.82, 2.24) is 30.0 Å². The number of rotatable bonds is 4. The molecule has 2 aliphatic rings. The summed E-state index contributed by atoms with van der Waals surface area (Å²) in [7, 11) is 0. The highest BCUT2D eigenvalue weighted by atomic mass is 19.1. The number of hydrogen-bond donors (Lipinski definition) is 0. The van der Waals surface area contributed by atoms with Crippen LogP contribution in [0.5, 0.6) is 6.01 Å². The summed E-state index contributed by atoms with van der Waals surface area (Å²) in [6.45, 7) is 2.41. The summed E-state index contributed by atoms with van der Waals surface area (Å²) in [6, 6.07) is 6.19. The van der Waals surface area contributed by atoms with E-state index in [4.69, 9.17) is 4.74 Å². The molecule has 0 N–H and O–H groups in total. The van der Waals surface area contributed by atoms with Crippen molar-refractivity contribution in [1.29, 1.82) is 0 Å². The summed E-state index contributed by atoms with van der Waals surface area (Å²) in [5, 5.41) is 7.93. The lowest BCUT2D eigenvalue weighted by molar-refractivity contribution is 0.0449. The van der Waals surface area contributed by atoms with Gasteiger partial charge in [0.2, 0.25) is 0 Å². The van der Waals surface area contributed by atoms with Crippen LogP contribution >= 0.6 is 0 Å². The maximum atomic E-state index is 14.7. The van der Waals surface area contributed by atoms with Crippen LogP contribution in [0.2, 0.25) is 0 Å². The number of ether oxygens (including phenoxy) is 1. The minimum absolute atomic E-state index is 0.120. The molecule has 2 aromatic heterocycles. The van der Waals surface area contributed by atoms with Crippen LogP contribution in [-0.4, -0.2) is 54.6 Å². The molecule has 2 bridgehead atoms. The molecular weight excluding hydrogens is 387 g/mol. The Hall–Kier alpha value is -3.49. The maximum absolute atomic E-state index is 14.7. The molecule has 3 aromatic rings. The lowest BCUT2D eigenvalue weighted by atomic mass is 10.0. The standard InChI is InChI=1S/C21H19FN6O2/c1-12-10-25-21(27-26-12)30-17-9-13-8-16(17)28(11-13)20(29)14-4-2-5-15(22)18(14)19-23-6-3-7-24-19/h2-7,10,13,16-17H,8-9,11H2,1H3. The fourth-order valence-electron chi connectivity index (χ4n) is 4.35. The topological polar surface area (TPSA) is 94.0 Å². The zero-order valence-corrected chi connectivity index (χ0v) is 16.3. The van der Waals surface area contributed by atoms with Crippen LogP contribution in [0.1, 0.15) is 28.9 Å². The second-order valence-electron chi connectivity index (χ2n) is 7.64. The number of piperidine rings is 1. The molecule has 3 atom stereocenters. The number of benzene rings is 1. The van der Waals surface area contributed by atoms with E-state index in [1.807, 2.05) is 0 Å². The third-order valence-corrected chi connectivity index (χ3v) is 5.63. The number of carbonyl (C=O) groups excluding carboxylic acids is 1. The highest BCUT2D eigenvalue weighted by molar-refractivity contribution is 6.00. The molecule has 8 nitrogen and oxygen atoms in total. The number of fused-ring (bicyclic) bond motifs is 2. The van der Waals surface area contributed by atoms with Gasteiger partial charge in [0.15, 0.2) is 5.82 Å². The van der Waals surface area contributed by atoms with Crippen LogP contribution < -0.4 is 4.74 Å². The smallest absolute Gasteiger partial charge is 0.335 e. The lowest BCUT2D eigenvalue weighted by Gasteiger charge is -2.33. The molecule has 0 spiro atoms. The van der Waals surface area contributed by atoms with Gasteiger partial charge in [-0.05, 0) is 43.9 Å². The normalized spacial score (nSPS) is 22.3. The van der Waals surface area contributed by atoms with Crippen LogP contribution in [-0.2, 0) is 0 Å². The molecule has 2 fully saturated rings. The number of hydrogen-bond acceptors (Lipinski definition) is 7. The van der Waals surface area contributed by atoms with Crippen molar-refractivity contribution in [2.75, 3.05) is 6.54 Å². The minimum atomic E-state index is -0.525. The average molecular weight is 406 g/mol. The average Bonchev–Trinajstić information content (AvgIpc) is 3.36. The first-order chi connectivity index (χ1) is 14.6. The molecule has 1 saturated heterocycles. The van der Waals surface area contributed by atoms with Crippen LogP contribution in [0.3, 0.4) is 0 Å². The van der Waals surface area contributed by atoms with E-state index in [1.54, 1.807) is 30.2 Å². The van der Waals surface area contributed by atoms with Gasteiger partial charge in [-0.25, -0.2) is 19.3 Å². The SMILES string of the molecule is Cc1cnc(OC2CC3CC2N(C(=O)c2cccc(F)c2-c2ncccn2)C3)nn1. The van der Waals surface area contributed by atoms with E-state index < -0.39 is 5.82 Å². The number of aryl methyl sites for hydroxylation is 1. The summed E-state index contributed by atoms with van der Waals surface area (Å²) in [6.07, 6.45) is 6.09. The van der Waals surface area contributed by atoms with Gasteiger partial charge in [-0.15, -0.1) is 5.10 Å². The van der Waals surface area contributed by atoms with Crippen molar-refractivity contribution in [3.63, 3.8) is 0 Å². The van der Waals surface area contributed by atoms with Crippen LogP contribution in [0.4, 0.5) is 4.39 Å². The summed E-state index contributed by atoms with van der Waals surface area (Å²) >= 11 is 0. The Morgan fingerprint density at radius 2 is 1.97 bits per heavy atom. The van der Waals surface area contributed by atoms with Crippen LogP contribution in [0.15, 0.2) is 42.9 Å². The first kappa shape index (κ1) is 18.5.